The van der Waals surface area contributed by atoms with Crippen LogP contribution in [0, 0.1) is 0 Å². The highest BCUT2D eigenvalue weighted by Crippen LogP contribution is 2.17. The van der Waals surface area contributed by atoms with Gasteiger partial charge in [-0.2, -0.15) is 5.10 Å². The van der Waals surface area contributed by atoms with Crippen molar-refractivity contribution in [2.75, 3.05) is 31.6 Å². The van der Waals surface area contributed by atoms with Crippen LogP contribution in [0.2, 0.25) is 0 Å². The maximum Gasteiger partial charge on any atom is 0.276 e. The molecule has 1 aromatic heterocycles. The monoisotopic (exact) mass is 397 g/mol. The van der Waals surface area contributed by atoms with Crippen LogP contribution in [0.1, 0.15) is 52.6 Å². The lowest BCUT2D eigenvalue weighted by molar-refractivity contribution is 0.0696. The molecule has 3 N–H and O–H groups in total. The minimum absolute atomic E-state index is 0.102. The van der Waals surface area contributed by atoms with Crippen molar-refractivity contribution in [2.45, 2.75) is 37.8 Å². The maximum atomic E-state index is 12.5. The second-order valence-electron chi connectivity index (χ2n) is 7.57. The van der Waals surface area contributed by atoms with Gasteiger partial charge in [0.2, 0.25) is 0 Å². The summed E-state index contributed by atoms with van der Waals surface area (Å²) >= 11 is 0. The minimum Gasteiger partial charge on any atom is -0.381 e. The van der Waals surface area contributed by atoms with Gasteiger partial charge in [0.05, 0.1) is 6.04 Å². The van der Waals surface area contributed by atoms with E-state index in [2.05, 4.69) is 21.0 Å². The Bertz CT molecular complexity index is 836. The molecule has 1 unspecified atom stereocenters. The van der Waals surface area contributed by atoms with Crippen LogP contribution in [0.4, 0.5) is 5.69 Å². The van der Waals surface area contributed by atoms with Crippen molar-refractivity contribution in [1.29, 1.82) is 0 Å². The summed E-state index contributed by atoms with van der Waals surface area (Å²) in [7, 11) is 0. The fourth-order valence-corrected chi connectivity index (χ4v) is 3.73. The molecule has 0 spiro atoms. The Hall–Kier alpha value is -2.71. The van der Waals surface area contributed by atoms with Crippen molar-refractivity contribution in [3.8, 4) is 0 Å². The molecule has 0 aliphatic carbocycles. The van der Waals surface area contributed by atoms with E-state index in [1.165, 1.54) is 0 Å². The van der Waals surface area contributed by atoms with Crippen LogP contribution >= 0.6 is 0 Å². The molecule has 2 aliphatic rings. The van der Waals surface area contributed by atoms with E-state index in [-0.39, 0.29) is 17.9 Å². The fraction of sp³-hybridized carbons (Fsp3) is 0.476. The second-order valence-corrected chi connectivity index (χ2v) is 7.57. The zero-order chi connectivity index (χ0) is 20.1. The molecule has 1 atom stereocenters. The molecule has 8 heteroatoms. The average molecular weight is 397 g/mol. The molecule has 4 rings (SSSR count). The van der Waals surface area contributed by atoms with Gasteiger partial charge in [0.25, 0.3) is 11.8 Å². The number of nitrogens with zero attached hydrogens (tertiary/aromatic N) is 2. The van der Waals surface area contributed by atoms with Crippen LogP contribution in [0.25, 0.3) is 0 Å². The third kappa shape index (κ3) is 5.02. The highest BCUT2D eigenvalue weighted by atomic mass is 16.5. The molecule has 8 nitrogen and oxygen atoms in total. The van der Waals surface area contributed by atoms with Crippen molar-refractivity contribution in [3.63, 3.8) is 0 Å². The lowest BCUT2D eigenvalue weighted by Crippen LogP contribution is -2.38. The number of hydrogen-bond acceptors (Lipinski definition) is 5. The third-order valence-electron chi connectivity index (χ3n) is 5.45. The summed E-state index contributed by atoms with van der Waals surface area (Å²) in [5.41, 5.74) is 1.59. The molecule has 2 amide bonds. The van der Waals surface area contributed by atoms with Gasteiger partial charge in [0, 0.05) is 43.2 Å². The van der Waals surface area contributed by atoms with E-state index < -0.39 is 0 Å². The first kappa shape index (κ1) is 19.6. The molecule has 29 heavy (non-hydrogen) atoms. The van der Waals surface area contributed by atoms with Gasteiger partial charge < -0.3 is 20.7 Å². The molecular weight excluding hydrogens is 370 g/mol. The third-order valence-corrected chi connectivity index (χ3v) is 5.45. The Morgan fingerprint density at radius 2 is 1.86 bits per heavy atom. The smallest absolute Gasteiger partial charge is 0.276 e. The molecule has 0 radical (unpaired) electrons. The van der Waals surface area contributed by atoms with Crippen LogP contribution in [-0.4, -0.2) is 53.9 Å². The Labute approximate surface area is 170 Å². The second kappa shape index (κ2) is 9.19. The van der Waals surface area contributed by atoms with E-state index in [9.17, 15) is 9.59 Å². The molecule has 2 fully saturated rings. The highest BCUT2D eigenvalue weighted by molar-refractivity contribution is 6.03. The van der Waals surface area contributed by atoms with E-state index in [0.29, 0.717) is 36.2 Å². The quantitative estimate of drug-likeness (QED) is 0.717. The number of aromatic nitrogens is 2. The zero-order valence-electron chi connectivity index (χ0n) is 16.4. The van der Waals surface area contributed by atoms with Crippen LogP contribution in [-0.2, 0) is 4.74 Å². The largest absolute Gasteiger partial charge is 0.381 e. The van der Waals surface area contributed by atoms with Gasteiger partial charge in [-0.05, 0) is 62.6 Å². The van der Waals surface area contributed by atoms with Crippen LogP contribution < -0.4 is 16.0 Å². The summed E-state index contributed by atoms with van der Waals surface area (Å²) in [4.78, 5) is 24.9. The van der Waals surface area contributed by atoms with Crippen LogP contribution in [0.3, 0.4) is 0 Å². The van der Waals surface area contributed by atoms with Gasteiger partial charge >= 0.3 is 0 Å². The van der Waals surface area contributed by atoms with Gasteiger partial charge in [-0.3, -0.25) is 14.3 Å². The predicted molar refractivity (Wildman–Crippen MR) is 109 cm³/mol. The van der Waals surface area contributed by atoms with Gasteiger partial charge in [-0.15, -0.1) is 0 Å². The number of carbonyl (C=O) groups is 2. The first-order valence-corrected chi connectivity index (χ1v) is 10.2. The summed E-state index contributed by atoms with van der Waals surface area (Å²) in [5, 5.41) is 13.7. The van der Waals surface area contributed by atoms with Crippen molar-refractivity contribution >= 4 is 17.5 Å². The van der Waals surface area contributed by atoms with Gasteiger partial charge in [-0.1, -0.05) is 0 Å². The first-order chi connectivity index (χ1) is 14.2. The molecule has 2 aromatic rings. The number of piperidine rings is 1. The summed E-state index contributed by atoms with van der Waals surface area (Å²) in [6, 6.07) is 9.09. The number of ether oxygens (including phenoxy) is 1. The number of anilines is 1. The SMILES string of the molecule is O=C(NC1CCOCC1)c1ccc(NC(=O)c2ccn(C3CCCNC3)n2)cc1. The van der Waals surface area contributed by atoms with Gasteiger partial charge in [0.15, 0.2) is 5.69 Å². The van der Waals surface area contributed by atoms with Gasteiger partial charge in [0.1, 0.15) is 0 Å². The Morgan fingerprint density at radius 3 is 2.59 bits per heavy atom. The van der Waals surface area contributed by atoms with Crippen molar-refractivity contribution in [1.82, 2.24) is 20.4 Å². The van der Waals surface area contributed by atoms with E-state index in [1.54, 1.807) is 30.3 Å². The van der Waals surface area contributed by atoms with Crippen molar-refractivity contribution < 1.29 is 14.3 Å². The Kier molecular flexibility index (Phi) is 6.21. The maximum absolute atomic E-state index is 12.5. The normalized spacial score (nSPS) is 20.2. The molecular formula is C21H27N5O3. The average Bonchev–Trinajstić information content (AvgIpc) is 3.26. The molecule has 3 heterocycles. The van der Waals surface area contributed by atoms with E-state index in [1.807, 2.05) is 10.9 Å². The minimum atomic E-state index is -0.257. The van der Waals surface area contributed by atoms with Gasteiger partial charge in [-0.25, -0.2) is 0 Å². The highest BCUT2D eigenvalue weighted by Gasteiger charge is 2.19. The fourth-order valence-electron chi connectivity index (χ4n) is 3.73. The van der Waals surface area contributed by atoms with Crippen molar-refractivity contribution in [2.24, 2.45) is 0 Å². The molecule has 154 valence electrons. The predicted octanol–water partition coefficient (Wildman–Crippen LogP) is 1.97. The topological polar surface area (TPSA) is 97.3 Å². The summed E-state index contributed by atoms with van der Waals surface area (Å²) in [5.74, 6) is -0.360. The van der Waals surface area contributed by atoms with E-state index >= 15 is 0 Å². The van der Waals surface area contributed by atoms with Crippen molar-refractivity contribution in [3.05, 3.63) is 47.8 Å². The number of nitrogens with one attached hydrogen (secondary N) is 3. The molecule has 0 saturated carbocycles. The molecule has 0 bridgehead atoms. The number of benzene rings is 1. The van der Waals surface area contributed by atoms with Crippen LogP contribution in [0.5, 0.6) is 0 Å². The number of amides is 2. The first-order valence-electron chi connectivity index (χ1n) is 10.2. The molecule has 1 aromatic carbocycles. The lowest BCUT2D eigenvalue weighted by Gasteiger charge is -2.23. The Balaban J connectivity index is 1.32. The lowest BCUT2D eigenvalue weighted by atomic mass is 10.1. The Morgan fingerprint density at radius 1 is 1.07 bits per heavy atom. The number of carbonyl (C=O) groups excluding carboxylic acids is 2. The summed E-state index contributed by atoms with van der Waals surface area (Å²) in [6.07, 6.45) is 5.71. The number of hydrogen-bond donors (Lipinski definition) is 3. The standard InChI is InChI=1S/C21H27N5O3/c27-20(23-17-8-12-29-13-9-17)15-3-5-16(6-4-15)24-21(28)19-7-11-26(25-19)18-2-1-10-22-14-18/h3-7,11,17-18,22H,1-2,8-10,12-14H2,(H,23,27)(H,24,28). The zero-order valence-corrected chi connectivity index (χ0v) is 16.4. The molecule has 2 aliphatic heterocycles. The van der Waals surface area contributed by atoms with E-state index in [0.717, 1.165) is 38.8 Å². The van der Waals surface area contributed by atoms with E-state index in [4.69, 9.17) is 4.74 Å². The summed E-state index contributed by atoms with van der Waals surface area (Å²) < 4.78 is 7.18. The summed E-state index contributed by atoms with van der Waals surface area (Å²) in [6.45, 7) is 3.28. The number of rotatable bonds is 5. The van der Waals surface area contributed by atoms with Crippen LogP contribution in [0.15, 0.2) is 36.5 Å². The molecule has 2 saturated heterocycles.